The summed E-state index contributed by atoms with van der Waals surface area (Å²) in [5.41, 5.74) is 7.00. The van der Waals surface area contributed by atoms with Gasteiger partial charge < -0.3 is 19.9 Å². The van der Waals surface area contributed by atoms with Crippen LogP contribution in [-0.2, 0) is 11.3 Å². The van der Waals surface area contributed by atoms with Crippen molar-refractivity contribution in [2.24, 2.45) is 5.73 Å². The molecule has 0 saturated carbocycles. The third kappa shape index (κ3) is 4.98. The van der Waals surface area contributed by atoms with Crippen LogP contribution in [0.2, 0.25) is 5.02 Å². The van der Waals surface area contributed by atoms with Crippen molar-refractivity contribution in [2.45, 2.75) is 13.0 Å². The quantitative estimate of drug-likeness (QED) is 0.638. The van der Waals surface area contributed by atoms with E-state index in [1.807, 2.05) is 41.3 Å². The number of benzene rings is 2. The van der Waals surface area contributed by atoms with E-state index in [1.54, 1.807) is 19.2 Å². The molecule has 0 bridgehead atoms. The molecule has 0 saturated heterocycles. The topological polar surface area (TPSA) is 94.5 Å². The molecule has 2 N–H and O–H groups in total. The molecule has 3 rings (SSSR count). The Morgan fingerprint density at radius 3 is 2.52 bits per heavy atom. The Labute approximate surface area is 161 Å². The van der Waals surface area contributed by atoms with Gasteiger partial charge in [0.1, 0.15) is 5.75 Å². The number of amides is 1. The zero-order chi connectivity index (χ0) is 19.2. The SMILES string of the molecule is COc1ccc(N(CCC(N)=O)Cc2nc(-c3ccc(Cl)cc3)no2)cc1. The monoisotopic (exact) mass is 386 g/mol. The number of halogens is 1. The maximum absolute atomic E-state index is 11.2. The van der Waals surface area contributed by atoms with Crippen molar-refractivity contribution < 1.29 is 14.1 Å². The highest BCUT2D eigenvalue weighted by Crippen LogP contribution is 2.23. The van der Waals surface area contributed by atoms with Crippen LogP contribution in [-0.4, -0.2) is 29.7 Å². The van der Waals surface area contributed by atoms with Gasteiger partial charge in [-0.25, -0.2) is 0 Å². The van der Waals surface area contributed by atoms with Gasteiger partial charge in [-0.15, -0.1) is 0 Å². The third-order valence-electron chi connectivity index (χ3n) is 3.96. The average molecular weight is 387 g/mol. The van der Waals surface area contributed by atoms with Crippen LogP contribution in [0, 0.1) is 0 Å². The second kappa shape index (κ2) is 8.55. The molecule has 0 radical (unpaired) electrons. The summed E-state index contributed by atoms with van der Waals surface area (Å²) < 4.78 is 10.6. The van der Waals surface area contributed by atoms with E-state index in [-0.39, 0.29) is 12.3 Å². The molecule has 0 spiro atoms. The van der Waals surface area contributed by atoms with E-state index in [2.05, 4.69) is 10.1 Å². The molecule has 7 nitrogen and oxygen atoms in total. The standard InChI is InChI=1S/C19H19ClN4O3/c1-26-16-8-6-15(7-9-16)24(11-10-17(21)25)12-18-22-19(23-27-18)13-2-4-14(20)5-3-13/h2-9H,10-12H2,1H3,(H2,21,25). The van der Waals surface area contributed by atoms with Crippen molar-refractivity contribution in [3.05, 3.63) is 59.4 Å². The van der Waals surface area contributed by atoms with E-state index in [4.69, 9.17) is 26.6 Å². The van der Waals surface area contributed by atoms with Crippen molar-refractivity contribution in [3.8, 4) is 17.1 Å². The molecule has 0 aliphatic heterocycles. The minimum atomic E-state index is -0.374. The molecule has 8 heteroatoms. The maximum Gasteiger partial charge on any atom is 0.246 e. The van der Waals surface area contributed by atoms with E-state index in [0.717, 1.165) is 17.0 Å². The van der Waals surface area contributed by atoms with Crippen LogP contribution in [0.1, 0.15) is 12.3 Å². The number of ether oxygens (including phenoxy) is 1. The molecule has 0 atom stereocenters. The lowest BCUT2D eigenvalue weighted by atomic mass is 10.2. The van der Waals surface area contributed by atoms with Crippen LogP contribution >= 0.6 is 11.6 Å². The fourth-order valence-electron chi connectivity index (χ4n) is 2.54. The Balaban J connectivity index is 1.78. The van der Waals surface area contributed by atoms with Crippen LogP contribution in [0.3, 0.4) is 0 Å². The number of methoxy groups -OCH3 is 1. The van der Waals surface area contributed by atoms with E-state index in [9.17, 15) is 4.79 Å². The molecule has 2 aromatic carbocycles. The molecule has 27 heavy (non-hydrogen) atoms. The maximum atomic E-state index is 11.2. The van der Waals surface area contributed by atoms with Gasteiger partial charge in [-0.05, 0) is 48.5 Å². The number of rotatable bonds is 8. The molecule has 1 amide bonds. The highest BCUT2D eigenvalue weighted by Gasteiger charge is 2.15. The Kier molecular flexibility index (Phi) is 5.93. The van der Waals surface area contributed by atoms with Crippen molar-refractivity contribution in [1.29, 1.82) is 0 Å². The summed E-state index contributed by atoms with van der Waals surface area (Å²) in [4.78, 5) is 17.6. The second-order valence-electron chi connectivity index (χ2n) is 5.85. The van der Waals surface area contributed by atoms with Gasteiger partial charge in [0.25, 0.3) is 0 Å². The molecule has 0 unspecified atom stereocenters. The van der Waals surface area contributed by atoms with Gasteiger partial charge in [0.2, 0.25) is 17.6 Å². The van der Waals surface area contributed by atoms with Gasteiger partial charge in [-0.2, -0.15) is 4.98 Å². The van der Waals surface area contributed by atoms with E-state index in [1.165, 1.54) is 0 Å². The van der Waals surface area contributed by atoms with Gasteiger partial charge in [0.15, 0.2) is 0 Å². The predicted octanol–water partition coefficient (Wildman–Crippen LogP) is 3.28. The number of primary amides is 1. The molecular weight excluding hydrogens is 368 g/mol. The van der Waals surface area contributed by atoms with Crippen LogP contribution < -0.4 is 15.4 Å². The summed E-state index contributed by atoms with van der Waals surface area (Å²) in [6, 6.07) is 14.7. The predicted molar refractivity (Wildman–Crippen MR) is 103 cm³/mol. The third-order valence-corrected chi connectivity index (χ3v) is 4.21. The lowest BCUT2D eigenvalue weighted by Crippen LogP contribution is -2.27. The minimum Gasteiger partial charge on any atom is -0.497 e. The summed E-state index contributed by atoms with van der Waals surface area (Å²) in [7, 11) is 1.61. The zero-order valence-electron chi connectivity index (χ0n) is 14.8. The van der Waals surface area contributed by atoms with Gasteiger partial charge in [0, 0.05) is 29.2 Å². The lowest BCUT2D eigenvalue weighted by Gasteiger charge is -2.22. The molecule has 3 aromatic rings. The van der Waals surface area contributed by atoms with Crippen molar-refractivity contribution in [1.82, 2.24) is 10.1 Å². The summed E-state index contributed by atoms with van der Waals surface area (Å²) in [5.74, 6) is 1.28. The number of anilines is 1. The van der Waals surface area contributed by atoms with Gasteiger partial charge in [-0.1, -0.05) is 16.8 Å². The number of carbonyl (C=O) groups excluding carboxylic acids is 1. The van der Waals surface area contributed by atoms with E-state index >= 15 is 0 Å². The first-order valence-electron chi connectivity index (χ1n) is 8.31. The second-order valence-corrected chi connectivity index (χ2v) is 6.29. The van der Waals surface area contributed by atoms with Crippen LogP contribution in [0.5, 0.6) is 5.75 Å². The first kappa shape index (κ1) is 18.7. The Morgan fingerprint density at radius 2 is 1.89 bits per heavy atom. The first-order valence-corrected chi connectivity index (χ1v) is 8.69. The molecular formula is C19H19ClN4O3. The van der Waals surface area contributed by atoms with Gasteiger partial charge in [0.05, 0.1) is 13.7 Å². The molecule has 0 fully saturated rings. The van der Waals surface area contributed by atoms with Crippen molar-refractivity contribution in [3.63, 3.8) is 0 Å². The number of nitrogens with zero attached hydrogens (tertiary/aromatic N) is 3. The van der Waals surface area contributed by atoms with Crippen molar-refractivity contribution in [2.75, 3.05) is 18.6 Å². The molecule has 1 aromatic heterocycles. The van der Waals surface area contributed by atoms with Crippen molar-refractivity contribution >= 4 is 23.2 Å². The summed E-state index contributed by atoms with van der Waals surface area (Å²) >= 11 is 5.91. The fraction of sp³-hybridized carbons (Fsp3) is 0.211. The van der Waals surface area contributed by atoms with Crippen LogP contribution in [0.4, 0.5) is 5.69 Å². The highest BCUT2D eigenvalue weighted by atomic mass is 35.5. The molecule has 0 aliphatic rings. The Morgan fingerprint density at radius 1 is 1.19 bits per heavy atom. The Hall–Kier alpha value is -3.06. The van der Waals surface area contributed by atoms with E-state index < -0.39 is 0 Å². The van der Waals surface area contributed by atoms with Gasteiger partial charge >= 0.3 is 0 Å². The van der Waals surface area contributed by atoms with Gasteiger partial charge in [-0.3, -0.25) is 4.79 Å². The van der Waals surface area contributed by atoms with Crippen LogP contribution in [0.15, 0.2) is 53.1 Å². The Bertz CT molecular complexity index is 894. The van der Waals surface area contributed by atoms with E-state index in [0.29, 0.717) is 29.8 Å². The fourth-order valence-corrected chi connectivity index (χ4v) is 2.66. The number of hydrogen-bond donors (Lipinski definition) is 1. The number of carbonyl (C=O) groups is 1. The summed E-state index contributed by atoms with van der Waals surface area (Å²) in [5, 5.41) is 4.66. The first-order chi connectivity index (χ1) is 13.0. The number of aromatic nitrogens is 2. The number of hydrogen-bond acceptors (Lipinski definition) is 6. The summed E-state index contributed by atoms with van der Waals surface area (Å²) in [6.07, 6.45) is 0.213. The zero-order valence-corrected chi connectivity index (χ0v) is 15.5. The lowest BCUT2D eigenvalue weighted by molar-refractivity contribution is -0.117. The normalized spacial score (nSPS) is 10.6. The minimum absolute atomic E-state index is 0.213. The largest absolute Gasteiger partial charge is 0.497 e. The molecule has 0 aliphatic carbocycles. The number of nitrogens with two attached hydrogens (primary N) is 1. The highest BCUT2D eigenvalue weighted by molar-refractivity contribution is 6.30. The summed E-state index contributed by atoms with van der Waals surface area (Å²) in [6.45, 7) is 0.778. The van der Waals surface area contributed by atoms with Crippen LogP contribution in [0.25, 0.3) is 11.4 Å². The molecule has 1 heterocycles. The average Bonchev–Trinajstić information content (AvgIpc) is 3.14. The smallest absolute Gasteiger partial charge is 0.246 e. The molecule has 140 valence electrons.